The van der Waals surface area contributed by atoms with Gasteiger partial charge in [-0.25, -0.2) is 0 Å². The van der Waals surface area contributed by atoms with E-state index in [1.165, 1.54) is 22.3 Å². The summed E-state index contributed by atoms with van der Waals surface area (Å²) in [5.74, 6) is 2.27. The van der Waals surface area contributed by atoms with Crippen LogP contribution in [0.3, 0.4) is 0 Å². The third-order valence-electron chi connectivity index (χ3n) is 9.78. The van der Waals surface area contributed by atoms with Crippen LogP contribution in [0.15, 0.2) is 48.6 Å². The van der Waals surface area contributed by atoms with Crippen LogP contribution in [0.1, 0.15) is 120 Å². The molecule has 0 bridgehead atoms. The van der Waals surface area contributed by atoms with Crippen molar-refractivity contribution in [2.75, 3.05) is 0 Å². The minimum absolute atomic E-state index is 0.0536. The average Bonchev–Trinajstić information content (AvgIpc) is 3.69. The fourth-order valence-electron chi connectivity index (χ4n) is 5.26. The predicted octanol–water partition coefficient (Wildman–Crippen LogP) is 10.0. The lowest BCUT2D eigenvalue weighted by Crippen LogP contribution is -2.15. The van der Waals surface area contributed by atoms with Gasteiger partial charge in [-0.2, -0.15) is 0 Å². The molecular weight excluding hydrogens is 440 g/mol. The van der Waals surface area contributed by atoms with Gasteiger partial charge in [-0.15, -0.1) is 0 Å². The molecule has 2 aliphatic rings. The molecule has 8 atom stereocenters. The monoisotopic (exact) mass is 498 g/mol. The van der Waals surface area contributed by atoms with Crippen LogP contribution >= 0.6 is 0 Å². The summed E-state index contributed by atoms with van der Waals surface area (Å²) in [6.45, 7) is 35.0. The van der Waals surface area contributed by atoms with Crippen molar-refractivity contribution in [3.63, 3.8) is 0 Å². The van der Waals surface area contributed by atoms with E-state index in [1.54, 1.807) is 0 Å². The second-order valence-corrected chi connectivity index (χ2v) is 13.2. The highest BCUT2D eigenvalue weighted by molar-refractivity contribution is 5.08. The Balaban J connectivity index is 1.62. The van der Waals surface area contributed by atoms with Crippen molar-refractivity contribution in [3.05, 3.63) is 48.6 Å². The zero-order valence-corrected chi connectivity index (χ0v) is 25.2. The lowest BCUT2D eigenvalue weighted by Gasteiger charge is -2.18. The molecule has 0 amide bonds. The summed E-state index contributed by atoms with van der Waals surface area (Å²) in [4.78, 5) is 0. The van der Waals surface area contributed by atoms with Crippen LogP contribution in [0.25, 0.3) is 0 Å². The molecule has 0 aliphatic carbocycles. The Kier molecular flexibility index (Phi) is 11.3. The van der Waals surface area contributed by atoms with E-state index >= 15 is 0 Å². The maximum atomic E-state index is 6.19. The van der Waals surface area contributed by atoms with Crippen LogP contribution in [0.4, 0.5) is 0 Å². The highest BCUT2D eigenvalue weighted by Crippen LogP contribution is 2.49. The van der Waals surface area contributed by atoms with Gasteiger partial charge < -0.3 is 9.47 Å². The molecule has 0 spiro atoms. The van der Waals surface area contributed by atoms with Gasteiger partial charge in [-0.05, 0) is 116 Å². The second-order valence-electron chi connectivity index (χ2n) is 13.2. The van der Waals surface area contributed by atoms with Gasteiger partial charge in [0.25, 0.3) is 0 Å². The Morgan fingerprint density at radius 2 is 0.944 bits per heavy atom. The van der Waals surface area contributed by atoms with Crippen LogP contribution in [0, 0.1) is 23.7 Å². The zero-order valence-electron chi connectivity index (χ0n) is 25.2. The van der Waals surface area contributed by atoms with Gasteiger partial charge in [-0.1, -0.05) is 76.3 Å². The first kappa shape index (κ1) is 31.1. The van der Waals surface area contributed by atoms with Crippen LogP contribution in [-0.2, 0) is 9.47 Å². The van der Waals surface area contributed by atoms with E-state index < -0.39 is 0 Å². The molecule has 2 heteroatoms. The molecule has 0 aromatic rings. The van der Waals surface area contributed by atoms with Crippen molar-refractivity contribution < 1.29 is 9.47 Å². The first-order chi connectivity index (χ1) is 16.7. The highest BCUT2D eigenvalue weighted by atomic mass is 16.6. The van der Waals surface area contributed by atoms with Gasteiger partial charge in [0.05, 0.1) is 23.4 Å². The Bertz CT molecular complexity index is 727. The summed E-state index contributed by atoms with van der Waals surface area (Å²) in [6.07, 6.45) is 12.1. The first-order valence-corrected chi connectivity index (χ1v) is 14.7. The first-order valence-electron chi connectivity index (χ1n) is 14.7. The molecule has 2 nitrogen and oxygen atoms in total. The normalized spacial score (nSPS) is 30.2. The fourth-order valence-corrected chi connectivity index (χ4v) is 5.26. The number of epoxide rings is 2. The number of ether oxygens (including phenoxy) is 2. The molecular formula is C34H58O2. The van der Waals surface area contributed by atoms with E-state index in [9.17, 15) is 0 Å². The van der Waals surface area contributed by atoms with Crippen LogP contribution in [-0.4, -0.2) is 23.4 Å². The Morgan fingerprint density at radius 3 is 1.25 bits per heavy atom. The van der Waals surface area contributed by atoms with Crippen LogP contribution < -0.4 is 0 Å². The van der Waals surface area contributed by atoms with Crippen LogP contribution in [0.5, 0.6) is 0 Å². The Hall–Kier alpha value is -1.12. The van der Waals surface area contributed by atoms with Gasteiger partial charge in [0.1, 0.15) is 0 Å². The van der Waals surface area contributed by atoms with E-state index in [4.69, 9.17) is 9.47 Å². The van der Waals surface area contributed by atoms with Crippen molar-refractivity contribution in [2.24, 2.45) is 23.7 Å². The van der Waals surface area contributed by atoms with Gasteiger partial charge in [-0.3, -0.25) is 0 Å². The van der Waals surface area contributed by atoms with Crippen molar-refractivity contribution in [1.82, 2.24) is 0 Å². The maximum Gasteiger partial charge on any atom is 0.0920 e. The lowest BCUT2D eigenvalue weighted by atomic mass is 9.86. The molecule has 2 heterocycles. The fraction of sp³-hybridized carbons (Fsp3) is 0.765. The molecule has 0 aromatic carbocycles. The molecule has 0 saturated carbocycles. The maximum absolute atomic E-state index is 6.19. The molecule has 0 aromatic heterocycles. The van der Waals surface area contributed by atoms with Crippen molar-refractivity contribution in [2.45, 2.75) is 143 Å². The summed E-state index contributed by atoms with van der Waals surface area (Å²) < 4.78 is 12.4. The van der Waals surface area contributed by atoms with E-state index in [2.05, 4.69) is 81.7 Å². The molecule has 0 radical (unpaired) electrons. The van der Waals surface area contributed by atoms with Crippen molar-refractivity contribution in [3.8, 4) is 0 Å². The number of hydrogen-bond acceptors (Lipinski definition) is 2. The minimum Gasteiger partial charge on any atom is -0.366 e. The summed E-state index contributed by atoms with van der Waals surface area (Å²) >= 11 is 0. The van der Waals surface area contributed by atoms with Crippen molar-refractivity contribution >= 4 is 0 Å². The zero-order chi connectivity index (χ0) is 27.3. The summed E-state index contributed by atoms with van der Waals surface area (Å²) in [7, 11) is 0. The largest absolute Gasteiger partial charge is 0.366 e. The standard InChI is InChI=1S/C34H58O2/c1-23(2)25(5)13-15-27(7)29(9)19-21-33(11)31(35-33)17-18-32-34(12,36-32)22-20-30(10)28(8)16-14-26(6)24(3)4/h25-26,29-32H,1,3,7-8,13-22H2,2,4-6,9-12H3/t25?,26?,29?,30?,31-,32-,33-,34-/m1/s1. The SMILES string of the molecule is C=C(C)C(C)CCC(=C)C(C)CC[C@@]1(C)O[C@@H]1CC[C@H]1O[C@]1(C)CCC(C)C(=C)CCC(C)C(=C)C. The van der Waals surface area contributed by atoms with Gasteiger partial charge in [0.15, 0.2) is 0 Å². The van der Waals surface area contributed by atoms with Crippen molar-refractivity contribution in [1.29, 1.82) is 0 Å². The van der Waals surface area contributed by atoms with E-state index in [1.807, 2.05) is 0 Å². The Morgan fingerprint density at radius 1 is 0.611 bits per heavy atom. The minimum atomic E-state index is 0.0536. The molecule has 2 fully saturated rings. The van der Waals surface area contributed by atoms with E-state index in [0.717, 1.165) is 64.2 Å². The van der Waals surface area contributed by atoms with E-state index in [-0.39, 0.29) is 11.2 Å². The highest BCUT2D eigenvalue weighted by Gasteiger charge is 2.55. The smallest absolute Gasteiger partial charge is 0.0920 e. The summed E-state index contributed by atoms with van der Waals surface area (Å²) in [5.41, 5.74) is 5.42. The number of hydrogen-bond donors (Lipinski definition) is 0. The third-order valence-corrected chi connectivity index (χ3v) is 9.78. The summed E-state index contributed by atoms with van der Waals surface area (Å²) in [6, 6.07) is 0. The average molecular weight is 499 g/mol. The summed E-state index contributed by atoms with van der Waals surface area (Å²) in [5, 5.41) is 0. The van der Waals surface area contributed by atoms with Gasteiger partial charge >= 0.3 is 0 Å². The van der Waals surface area contributed by atoms with Crippen LogP contribution in [0.2, 0.25) is 0 Å². The predicted molar refractivity (Wildman–Crippen MR) is 157 cm³/mol. The molecule has 4 unspecified atom stereocenters. The molecule has 2 aliphatic heterocycles. The molecule has 2 rings (SSSR count). The lowest BCUT2D eigenvalue weighted by molar-refractivity contribution is 0.274. The second kappa shape index (κ2) is 13.1. The molecule has 2 saturated heterocycles. The molecule has 0 N–H and O–H groups in total. The number of allylic oxidation sites excluding steroid dienone is 4. The van der Waals surface area contributed by atoms with Gasteiger partial charge in [0, 0.05) is 0 Å². The molecule has 36 heavy (non-hydrogen) atoms. The topological polar surface area (TPSA) is 25.1 Å². The quantitative estimate of drug-likeness (QED) is 0.131. The molecule has 206 valence electrons. The Labute approximate surface area is 224 Å². The third kappa shape index (κ3) is 9.32. The van der Waals surface area contributed by atoms with E-state index in [0.29, 0.717) is 35.9 Å². The van der Waals surface area contributed by atoms with Gasteiger partial charge in [0.2, 0.25) is 0 Å². The number of rotatable bonds is 19.